The number of carbonyl (C=O) groups excluding carboxylic acids is 1. The van der Waals surface area contributed by atoms with Gasteiger partial charge >= 0.3 is 0 Å². The van der Waals surface area contributed by atoms with Crippen molar-refractivity contribution >= 4 is 47.7 Å². The Hall–Kier alpha value is -1.94. The number of halogens is 2. The van der Waals surface area contributed by atoms with Crippen LogP contribution in [0.5, 0.6) is 0 Å². The van der Waals surface area contributed by atoms with Crippen LogP contribution in [-0.4, -0.2) is 25.5 Å². The fraction of sp³-hybridized carbons (Fsp3) is 0.286. The van der Waals surface area contributed by atoms with Gasteiger partial charge < -0.3 is 11.1 Å². The molecule has 1 amide bonds. The first-order valence-corrected chi connectivity index (χ1v) is 7.88. The van der Waals surface area contributed by atoms with Gasteiger partial charge in [-0.25, -0.2) is 14.5 Å². The van der Waals surface area contributed by atoms with Crippen LogP contribution in [0.3, 0.4) is 0 Å². The molecule has 136 valence electrons. The Morgan fingerprint density at radius 3 is 2.72 bits per heavy atom. The van der Waals surface area contributed by atoms with Crippen LogP contribution in [0.1, 0.15) is 32.4 Å². The number of hydrogen-bond donors (Lipinski definition) is 3. The fourth-order valence-corrected chi connectivity index (χ4v) is 3.03. The Bertz CT molecular complexity index is 949. The summed E-state index contributed by atoms with van der Waals surface area (Å²) in [5.74, 6) is -0.263. The van der Waals surface area contributed by atoms with Gasteiger partial charge in [0.05, 0.1) is 0 Å². The van der Waals surface area contributed by atoms with E-state index in [4.69, 9.17) is 5.73 Å². The molecule has 0 atom stereocenters. The lowest BCUT2D eigenvalue weighted by Crippen LogP contribution is -2.25. The van der Waals surface area contributed by atoms with E-state index >= 15 is 0 Å². The smallest absolute Gasteiger partial charge is 0.271 e. The van der Waals surface area contributed by atoms with Crippen molar-refractivity contribution in [2.75, 3.05) is 0 Å². The van der Waals surface area contributed by atoms with Crippen molar-refractivity contribution in [1.82, 2.24) is 24.9 Å². The summed E-state index contributed by atoms with van der Waals surface area (Å²) in [4.78, 5) is 32.1. The van der Waals surface area contributed by atoms with E-state index in [1.807, 2.05) is 13.8 Å². The first-order chi connectivity index (χ1) is 11.0. The minimum atomic E-state index is -0.263. The lowest BCUT2D eigenvalue weighted by molar-refractivity contribution is 0.0946. The topological polar surface area (TPSA) is 118 Å². The summed E-state index contributed by atoms with van der Waals surface area (Å²) in [5, 5.41) is 7.91. The maximum Gasteiger partial charge on any atom is 0.271 e. The summed E-state index contributed by atoms with van der Waals surface area (Å²) >= 11 is 1.36. The molecule has 0 radical (unpaired) electrons. The zero-order valence-electron chi connectivity index (χ0n) is 13.5. The number of aromatic nitrogens is 4. The number of aromatic amines is 1. The standard InChI is InChI=1S/C14H16N6O2S.2ClH/c1-7-9(8(2)20-11(17-7)3-12(21)19-20)5-16-14(22)10-6-23-13(4-15)18-10;;/h3,6H,4-5,15H2,1-2H3,(H,16,22)(H,19,21);2*1H. The van der Waals surface area contributed by atoms with E-state index in [0.29, 0.717) is 24.4 Å². The average molecular weight is 405 g/mol. The number of hydrogen-bond acceptors (Lipinski definition) is 6. The highest BCUT2D eigenvalue weighted by molar-refractivity contribution is 7.09. The second-order valence-electron chi connectivity index (χ2n) is 5.09. The summed E-state index contributed by atoms with van der Waals surface area (Å²) in [7, 11) is 0. The van der Waals surface area contributed by atoms with Crippen LogP contribution in [-0.2, 0) is 13.1 Å². The Morgan fingerprint density at radius 2 is 2.08 bits per heavy atom. The van der Waals surface area contributed by atoms with E-state index in [2.05, 4.69) is 20.4 Å². The minimum Gasteiger partial charge on any atom is -0.346 e. The number of fused-ring (bicyclic) bond motifs is 1. The predicted octanol–water partition coefficient (Wildman–Crippen LogP) is 1.33. The monoisotopic (exact) mass is 404 g/mol. The molecular formula is C14H18Cl2N6O2S. The zero-order chi connectivity index (χ0) is 16.6. The van der Waals surface area contributed by atoms with E-state index in [1.54, 1.807) is 9.90 Å². The van der Waals surface area contributed by atoms with Crippen molar-refractivity contribution in [3.8, 4) is 0 Å². The number of nitrogens with zero attached hydrogens (tertiary/aromatic N) is 3. The highest BCUT2D eigenvalue weighted by Crippen LogP contribution is 2.14. The number of carbonyl (C=O) groups is 1. The van der Waals surface area contributed by atoms with Crippen LogP contribution in [0.15, 0.2) is 16.2 Å². The van der Waals surface area contributed by atoms with Crippen molar-refractivity contribution in [2.45, 2.75) is 26.9 Å². The maximum absolute atomic E-state index is 12.1. The molecule has 0 spiro atoms. The van der Waals surface area contributed by atoms with Gasteiger partial charge in [0.2, 0.25) is 0 Å². The second kappa shape index (κ2) is 8.43. The van der Waals surface area contributed by atoms with Gasteiger partial charge in [-0.15, -0.1) is 36.2 Å². The first-order valence-electron chi connectivity index (χ1n) is 7.00. The minimum absolute atomic E-state index is 0. The van der Waals surface area contributed by atoms with Gasteiger partial charge in [0.1, 0.15) is 10.7 Å². The molecule has 0 saturated carbocycles. The molecule has 3 heterocycles. The van der Waals surface area contributed by atoms with Crippen molar-refractivity contribution < 1.29 is 4.79 Å². The molecule has 0 aliphatic heterocycles. The molecular weight excluding hydrogens is 387 g/mol. The molecule has 3 aromatic heterocycles. The van der Waals surface area contributed by atoms with Crippen LogP contribution in [0.2, 0.25) is 0 Å². The van der Waals surface area contributed by atoms with Crippen LogP contribution < -0.4 is 16.6 Å². The molecule has 3 rings (SSSR count). The number of H-pyrrole nitrogens is 1. The average Bonchev–Trinajstić information content (AvgIpc) is 3.12. The number of thiazole rings is 1. The van der Waals surface area contributed by atoms with Gasteiger partial charge in [-0.3, -0.25) is 14.7 Å². The molecule has 3 aromatic rings. The van der Waals surface area contributed by atoms with E-state index in [1.165, 1.54) is 17.4 Å². The molecule has 4 N–H and O–H groups in total. The van der Waals surface area contributed by atoms with Crippen molar-refractivity contribution in [2.24, 2.45) is 5.73 Å². The van der Waals surface area contributed by atoms with Gasteiger partial charge in [-0.05, 0) is 13.8 Å². The number of amides is 1. The summed E-state index contributed by atoms with van der Waals surface area (Å²) in [5.41, 5.74) is 8.66. The number of rotatable bonds is 4. The normalized spacial score (nSPS) is 10.2. The lowest BCUT2D eigenvalue weighted by atomic mass is 10.1. The Labute approximate surface area is 159 Å². The quantitative estimate of drug-likeness (QED) is 0.605. The molecule has 0 saturated heterocycles. The summed E-state index contributed by atoms with van der Waals surface area (Å²) < 4.78 is 1.62. The van der Waals surface area contributed by atoms with Crippen LogP contribution in [0.4, 0.5) is 0 Å². The molecule has 0 aromatic carbocycles. The first kappa shape index (κ1) is 21.1. The lowest BCUT2D eigenvalue weighted by Gasteiger charge is -2.11. The fourth-order valence-electron chi connectivity index (χ4n) is 2.38. The zero-order valence-corrected chi connectivity index (χ0v) is 16.0. The molecule has 0 bridgehead atoms. The Kier molecular flexibility index (Phi) is 7.12. The Balaban J connectivity index is 0.00000156. The van der Waals surface area contributed by atoms with Crippen LogP contribution in [0.25, 0.3) is 5.65 Å². The van der Waals surface area contributed by atoms with Gasteiger partial charge in [-0.2, -0.15) is 0 Å². The van der Waals surface area contributed by atoms with Crippen LogP contribution >= 0.6 is 36.2 Å². The van der Waals surface area contributed by atoms with Crippen LogP contribution in [0, 0.1) is 13.8 Å². The number of nitrogens with one attached hydrogen (secondary N) is 2. The SMILES string of the molecule is Cc1nc2cc(=O)[nH]n2c(C)c1CNC(=O)c1csc(CN)n1.Cl.Cl. The van der Waals surface area contributed by atoms with Crippen molar-refractivity contribution in [1.29, 1.82) is 0 Å². The molecule has 0 aliphatic carbocycles. The number of nitrogens with two attached hydrogens (primary N) is 1. The molecule has 11 heteroatoms. The molecule has 0 aliphatic rings. The van der Waals surface area contributed by atoms with E-state index in [9.17, 15) is 9.59 Å². The molecule has 8 nitrogen and oxygen atoms in total. The van der Waals surface area contributed by atoms with Gasteiger partial charge in [0.25, 0.3) is 11.5 Å². The summed E-state index contributed by atoms with van der Waals surface area (Å²) in [6.45, 7) is 4.34. The Morgan fingerprint density at radius 1 is 1.36 bits per heavy atom. The summed E-state index contributed by atoms with van der Waals surface area (Å²) in [6, 6.07) is 1.44. The largest absolute Gasteiger partial charge is 0.346 e. The second-order valence-corrected chi connectivity index (χ2v) is 6.03. The summed E-state index contributed by atoms with van der Waals surface area (Å²) in [6.07, 6.45) is 0. The third-order valence-corrected chi connectivity index (χ3v) is 4.46. The molecule has 0 unspecified atom stereocenters. The van der Waals surface area contributed by atoms with Gasteiger partial charge in [0, 0.05) is 41.5 Å². The van der Waals surface area contributed by atoms with Gasteiger partial charge in [0.15, 0.2) is 5.65 Å². The predicted molar refractivity (Wildman–Crippen MR) is 101 cm³/mol. The van der Waals surface area contributed by atoms with E-state index in [0.717, 1.165) is 22.0 Å². The molecule has 25 heavy (non-hydrogen) atoms. The van der Waals surface area contributed by atoms with E-state index in [-0.39, 0.29) is 36.3 Å². The highest BCUT2D eigenvalue weighted by atomic mass is 35.5. The number of aryl methyl sites for hydroxylation is 2. The van der Waals surface area contributed by atoms with E-state index < -0.39 is 0 Å². The van der Waals surface area contributed by atoms with Crippen molar-refractivity contribution in [3.63, 3.8) is 0 Å². The van der Waals surface area contributed by atoms with Crippen molar-refractivity contribution in [3.05, 3.63) is 49.5 Å². The molecule has 0 fully saturated rings. The maximum atomic E-state index is 12.1. The highest BCUT2D eigenvalue weighted by Gasteiger charge is 2.14. The third-order valence-electron chi connectivity index (χ3n) is 3.59. The third kappa shape index (κ3) is 4.18. The van der Waals surface area contributed by atoms with Gasteiger partial charge in [-0.1, -0.05) is 0 Å².